The lowest BCUT2D eigenvalue weighted by molar-refractivity contribution is -0.00521. The summed E-state index contributed by atoms with van der Waals surface area (Å²) in [4.78, 5) is 2.66. The average Bonchev–Trinajstić information content (AvgIpc) is 2.74. The van der Waals surface area contributed by atoms with E-state index in [9.17, 15) is 0 Å². The molecule has 0 amide bonds. The summed E-state index contributed by atoms with van der Waals surface area (Å²) in [7, 11) is 1.81. The van der Waals surface area contributed by atoms with Crippen LogP contribution in [0.3, 0.4) is 0 Å². The summed E-state index contributed by atoms with van der Waals surface area (Å²) in [5.74, 6) is 0.880. The van der Waals surface area contributed by atoms with Crippen LogP contribution in [0.2, 0.25) is 0 Å². The summed E-state index contributed by atoms with van der Waals surface area (Å²) in [6, 6.07) is 1.30. The van der Waals surface area contributed by atoms with Gasteiger partial charge in [-0.1, -0.05) is 0 Å². The zero-order valence-electron chi connectivity index (χ0n) is 10.2. The van der Waals surface area contributed by atoms with E-state index in [1.165, 1.54) is 32.5 Å². The van der Waals surface area contributed by atoms with Crippen molar-refractivity contribution in [3.63, 3.8) is 0 Å². The summed E-state index contributed by atoms with van der Waals surface area (Å²) in [6.45, 7) is 8.12. The molecule has 0 radical (unpaired) electrons. The first-order chi connectivity index (χ1) is 7.24. The highest BCUT2D eigenvalue weighted by Crippen LogP contribution is 2.28. The smallest absolute Gasteiger partial charge is 0.0695 e. The molecule has 2 heterocycles. The van der Waals surface area contributed by atoms with Crippen LogP contribution < -0.4 is 5.32 Å². The second kappa shape index (κ2) is 4.81. The van der Waals surface area contributed by atoms with Gasteiger partial charge in [-0.3, -0.25) is 4.90 Å². The topological polar surface area (TPSA) is 24.5 Å². The van der Waals surface area contributed by atoms with E-state index >= 15 is 0 Å². The van der Waals surface area contributed by atoms with Gasteiger partial charge >= 0.3 is 0 Å². The molecule has 3 heteroatoms. The maximum Gasteiger partial charge on any atom is 0.0695 e. The van der Waals surface area contributed by atoms with Gasteiger partial charge in [0.15, 0.2) is 0 Å². The Morgan fingerprint density at radius 3 is 2.87 bits per heavy atom. The molecule has 4 atom stereocenters. The molecule has 2 rings (SSSR count). The molecular weight excluding hydrogens is 188 g/mol. The molecule has 0 aromatic carbocycles. The van der Waals surface area contributed by atoms with Crippen LogP contribution in [0.15, 0.2) is 0 Å². The van der Waals surface area contributed by atoms with Crippen molar-refractivity contribution in [1.82, 2.24) is 10.2 Å². The number of likely N-dealkylation sites (tertiary alicyclic amines) is 1. The molecule has 2 saturated heterocycles. The van der Waals surface area contributed by atoms with E-state index in [1.807, 2.05) is 7.11 Å². The van der Waals surface area contributed by atoms with Crippen LogP contribution in [0.25, 0.3) is 0 Å². The third-order valence-corrected chi connectivity index (χ3v) is 4.30. The van der Waals surface area contributed by atoms with E-state index in [2.05, 4.69) is 24.1 Å². The highest BCUT2D eigenvalue weighted by Gasteiger charge is 2.38. The summed E-state index contributed by atoms with van der Waals surface area (Å²) < 4.78 is 5.45. The van der Waals surface area contributed by atoms with Crippen LogP contribution in [-0.4, -0.2) is 49.8 Å². The predicted octanol–water partition coefficient (Wildman–Crippen LogP) is 1.09. The van der Waals surface area contributed by atoms with Gasteiger partial charge in [-0.15, -0.1) is 0 Å². The summed E-state index contributed by atoms with van der Waals surface area (Å²) >= 11 is 0. The molecule has 0 bridgehead atoms. The molecular formula is C12H24N2O. The van der Waals surface area contributed by atoms with Crippen LogP contribution in [0.1, 0.15) is 26.7 Å². The van der Waals surface area contributed by atoms with Gasteiger partial charge in [0, 0.05) is 25.7 Å². The minimum atomic E-state index is 0.337. The van der Waals surface area contributed by atoms with Gasteiger partial charge in [0.05, 0.1) is 6.10 Å². The number of piperidine rings is 1. The van der Waals surface area contributed by atoms with Crippen LogP contribution >= 0.6 is 0 Å². The largest absolute Gasteiger partial charge is 0.380 e. The predicted molar refractivity (Wildman–Crippen MR) is 62.0 cm³/mol. The number of nitrogens with zero attached hydrogens (tertiary/aromatic N) is 1. The maximum atomic E-state index is 5.45. The Balaban J connectivity index is 2.00. The molecule has 2 aliphatic heterocycles. The molecule has 0 saturated carbocycles. The quantitative estimate of drug-likeness (QED) is 0.758. The number of ether oxygens (including phenoxy) is 1. The SMILES string of the molecule is COC(C)C(C)N1CCCC2CNCC21. The highest BCUT2D eigenvalue weighted by atomic mass is 16.5. The summed E-state index contributed by atoms with van der Waals surface area (Å²) in [5.41, 5.74) is 0. The van der Waals surface area contributed by atoms with Gasteiger partial charge in [0.2, 0.25) is 0 Å². The number of fused-ring (bicyclic) bond motifs is 1. The number of methoxy groups -OCH3 is 1. The first-order valence-corrected chi connectivity index (χ1v) is 6.23. The van der Waals surface area contributed by atoms with E-state index in [0.717, 1.165) is 12.0 Å². The fourth-order valence-electron chi connectivity index (χ4n) is 3.08. The standard InChI is InChI=1S/C12H24N2O/c1-9(10(2)15-3)14-6-4-5-11-7-13-8-12(11)14/h9-13H,4-8H2,1-3H3. The Kier molecular flexibility index (Phi) is 3.65. The molecule has 3 nitrogen and oxygen atoms in total. The fraction of sp³-hybridized carbons (Fsp3) is 1.00. The Hall–Kier alpha value is -0.120. The van der Waals surface area contributed by atoms with Crippen LogP contribution in [0, 0.1) is 5.92 Å². The van der Waals surface area contributed by atoms with Gasteiger partial charge < -0.3 is 10.1 Å². The van der Waals surface area contributed by atoms with E-state index < -0.39 is 0 Å². The highest BCUT2D eigenvalue weighted by molar-refractivity contribution is 4.94. The average molecular weight is 212 g/mol. The van der Waals surface area contributed by atoms with Crippen LogP contribution in [0.4, 0.5) is 0 Å². The summed E-state index contributed by atoms with van der Waals surface area (Å²) in [5, 5.41) is 3.52. The van der Waals surface area contributed by atoms with E-state index in [1.54, 1.807) is 0 Å². The number of hydrogen-bond acceptors (Lipinski definition) is 3. The van der Waals surface area contributed by atoms with Crippen molar-refractivity contribution in [2.75, 3.05) is 26.7 Å². The van der Waals surface area contributed by atoms with Gasteiger partial charge in [-0.25, -0.2) is 0 Å². The Morgan fingerprint density at radius 1 is 1.33 bits per heavy atom. The minimum absolute atomic E-state index is 0.337. The second-order valence-electron chi connectivity index (χ2n) is 5.05. The normalized spacial score (nSPS) is 36.2. The van der Waals surface area contributed by atoms with E-state index in [4.69, 9.17) is 4.74 Å². The maximum absolute atomic E-state index is 5.45. The lowest BCUT2D eigenvalue weighted by atomic mass is 9.90. The molecule has 0 aromatic heterocycles. The second-order valence-corrected chi connectivity index (χ2v) is 5.05. The van der Waals surface area contributed by atoms with E-state index in [-0.39, 0.29) is 0 Å². The molecule has 0 spiro atoms. The van der Waals surface area contributed by atoms with Crippen molar-refractivity contribution in [3.05, 3.63) is 0 Å². The first-order valence-electron chi connectivity index (χ1n) is 6.23. The van der Waals surface area contributed by atoms with Gasteiger partial charge in [0.1, 0.15) is 0 Å². The molecule has 1 N–H and O–H groups in total. The molecule has 0 aliphatic carbocycles. The zero-order valence-corrected chi connectivity index (χ0v) is 10.2. The van der Waals surface area contributed by atoms with Gasteiger partial charge in [-0.05, 0) is 45.7 Å². The Bertz CT molecular complexity index is 210. The van der Waals surface area contributed by atoms with Crippen LogP contribution in [-0.2, 0) is 4.74 Å². The van der Waals surface area contributed by atoms with Gasteiger partial charge in [0.25, 0.3) is 0 Å². The molecule has 15 heavy (non-hydrogen) atoms. The van der Waals surface area contributed by atoms with Crippen molar-refractivity contribution in [3.8, 4) is 0 Å². The van der Waals surface area contributed by atoms with Crippen molar-refractivity contribution >= 4 is 0 Å². The third-order valence-electron chi connectivity index (χ3n) is 4.30. The lowest BCUT2D eigenvalue weighted by Crippen LogP contribution is -2.53. The Labute approximate surface area is 93.2 Å². The third kappa shape index (κ3) is 2.19. The van der Waals surface area contributed by atoms with Crippen molar-refractivity contribution in [2.45, 2.75) is 44.9 Å². The van der Waals surface area contributed by atoms with Crippen LogP contribution in [0.5, 0.6) is 0 Å². The number of hydrogen-bond donors (Lipinski definition) is 1. The summed E-state index contributed by atoms with van der Waals surface area (Å²) in [6.07, 6.45) is 3.09. The Morgan fingerprint density at radius 2 is 2.13 bits per heavy atom. The van der Waals surface area contributed by atoms with Gasteiger partial charge in [-0.2, -0.15) is 0 Å². The lowest BCUT2D eigenvalue weighted by Gasteiger charge is -2.42. The molecule has 2 aliphatic rings. The molecule has 0 aromatic rings. The first kappa shape index (κ1) is 11.4. The zero-order chi connectivity index (χ0) is 10.8. The van der Waals surface area contributed by atoms with Crippen molar-refractivity contribution in [2.24, 2.45) is 5.92 Å². The molecule has 4 unspecified atom stereocenters. The fourth-order valence-corrected chi connectivity index (χ4v) is 3.08. The van der Waals surface area contributed by atoms with Crippen molar-refractivity contribution < 1.29 is 4.74 Å². The monoisotopic (exact) mass is 212 g/mol. The minimum Gasteiger partial charge on any atom is -0.380 e. The van der Waals surface area contributed by atoms with Crippen molar-refractivity contribution in [1.29, 1.82) is 0 Å². The number of rotatable bonds is 3. The number of nitrogens with one attached hydrogen (secondary N) is 1. The van der Waals surface area contributed by atoms with E-state index in [0.29, 0.717) is 12.1 Å². The molecule has 88 valence electrons. The molecule has 2 fully saturated rings.